The van der Waals surface area contributed by atoms with Crippen molar-refractivity contribution >= 4 is 6.09 Å². The summed E-state index contributed by atoms with van der Waals surface area (Å²) >= 11 is 0. The molecular formula is C24H34N2O3. The third kappa shape index (κ3) is 7.87. The minimum absolute atomic E-state index is 0.224. The summed E-state index contributed by atoms with van der Waals surface area (Å²) in [5.41, 5.74) is 3.19. The van der Waals surface area contributed by atoms with Crippen LogP contribution in [0.1, 0.15) is 50.0 Å². The van der Waals surface area contributed by atoms with Crippen LogP contribution in [0.5, 0.6) is 0 Å². The van der Waals surface area contributed by atoms with E-state index < -0.39 is 12.2 Å². The Morgan fingerprint density at radius 1 is 1.07 bits per heavy atom. The first-order valence-electron chi connectivity index (χ1n) is 10.3. The maximum atomic E-state index is 12.3. The monoisotopic (exact) mass is 398 g/mol. The van der Waals surface area contributed by atoms with Gasteiger partial charge in [-0.15, -0.1) is 0 Å². The summed E-state index contributed by atoms with van der Waals surface area (Å²) in [6, 6.07) is 18.1. The van der Waals surface area contributed by atoms with Gasteiger partial charge in [-0.1, -0.05) is 80.9 Å². The minimum atomic E-state index is -0.714. The fourth-order valence-corrected chi connectivity index (χ4v) is 3.09. The fourth-order valence-electron chi connectivity index (χ4n) is 3.09. The van der Waals surface area contributed by atoms with Crippen molar-refractivity contribution in [3.63, 3.8) is 0 Å². The molecule has 0 aliphatic carbocycles. The van der Waals surface area contributed by atoms with Gasteiger partial charge < -0.3 is 10.1 Å². The molecule has 0 aliphatic heterocycles. The fraction of sp³-hybridized carbons (Fsp3) is 0.458. The van der Waals surface area contributed by atoms with Crippen LogP contribution in [-0.2, 0) is 11.2 Å². The molecule has 2 rings (SSSR count). The van der Waals surface area contributed by atoms with E-state index in [4.69, 9.17) is 4.74 Å². The lowest BCUT2D eigenvalue weighted by atomic mass is 9.84. The molecule has 158 valence electrons. The van der Waals surface area contributed by atoms with Gasteiger partial charge >= 0.3 is 6.09 Å². The highest BCUT2D eigenvalue weighted by Crippen LogP contribution is 2.36. The molecule has 0 saturated heterocycles. The van der Waals surface area contributed by atoms with E-state index in [9.17, 15) is 10.0 Å². The van der Waals surface area contributed by atoms with E-state index in [-0.39, 0.29) is 12.0 Å². The van der Waals surface area contributed by atoms with Gasteiger partial charge in [0.05, 0.1) is 6.54 Å². The first-order chi connectivity index (χ1) is 13.8. The van der Waals surface area contributed by atoms with Crippen molar-refractivity contribution in [2.75, 3.05) is 19.6 Å². The second-order valence-corrected chi connectivity index (χ2v) is 8.50. The quantitative estimate of drug-likeness (QED) is 0.349. The summed E-state index contributed by atoms with van der Waals surface area (Å²) in [7, 11) is 0. The number of carbonyl (C=O) groups excluding carboxylic acids is 1. The average molecular weight is 399 g/mol. The summed E-state index contributed by atoms with van der Waals surface area (Å²) in [5, 5.41) is 14.1. The molecule has 5 nitrogen and oxygen atoms in total. The number of amides is 1. The van der Waals surface area contributed by atoms with Gasteiger partial charge in [-0.05, 0) is 44.0 Å². The van der Waals surface area contributed by atoms with Crippen LogP contribution >= 0.6 is 0 Å². The van der Waals surface area contributed by atoms with Crippen molar-refractivity contribution in [3.05, 3.63) is 71.3 Å². The van der Waals surface area contributed by atoms with E-state index in [1.165, 1.54) is 11.1 Å². The van der Waals surface area contributed by atoms with Gasteiger partial charge in [0.2, 0.25) is 0 Å². The Labute approximate surface area is 174 Å². The van der Waals surface area contributed by atoms with E-state index in [1.54, 1.807) is 0 Å². The summed E-state index contributed by atoms with van der Waals surface area (Å²) < 4.78 is 5.63. The Balaban J connectivity index is 1.71. The van der Waals surface area contributed by atoms with Crippen molar-refractivity contribution in [2.45, 2.75) is 46.6 Å². The molecule has 1 unspecified atom stereocenters. The van der Waals surface area contributed by atoms with Crippen molar-refractivity contribution in [3.8, 4) is 0 Å². The molecule has 2 aromatic rings. The molecule has 2 aromatic carbocycles. The smallest absolute Gasteiger partial charge is 0.434 e. The minimum Gasteiger partial charge on any atom is -0.439 e. The highest BCUT2D eigenvalue weighted by Gasteiger charge is 2.31. The molecule has 5 heteroatoms. The van der Waals surface area contributed by atoms with Crippen LogP contribution in [0.4, 0.5) is 4.79 Å². The third-order valence-electron chi connectivity index (χ3n) is 4.75. The Bertz CT molecular complexity index is 739. The lowest BCUT2D eigenvalue weighted by molar-refractivity contribution is -0.0959. The van der Waals surface area contributed by atoms with Crippen molar-refractivity contribution < 1.29 is 14.7 Å². The van der Waals surface area contributed by atoms with Crippen molar-refractivity contribution in [1.82, 2.24) is 10.4 Å². The van der Waals surface area contributed by atoms with Crippen LogP contribution < -0.4 is 5.32 Å². The molecule has 0 aromatic heterocycles. The number of hydroxylamine groups is 2. The predicted octanol–water partition coefficient (Wildman–Crippen LogP) is 5.13. The molecule has 1 atom stereocenters. The SMILES string of the molecule is Cc1ccc(CCNCCCN(O)C(=O)OC(c2ccccc2)C(C)(C)C)cc1. The van der Waals surface area contributed by atoms with Gasteiger partial charge in [0, 0.05) is 5.41 Å². The maximum absolute atomic E-state index is 12.3. The van der Waals surface area contributed by atoms with Crippen LogP contribution in [0, 0.1) is 12.3 Å². The molecule has 2 N–H and O–H groups in total. The lowest BCUT2D eigenvalue weighted by Gasteiger charge is -2.31. The van der Waals surface area contributed by atoms with E-state index in [0.29, 0.717) is 11.5 Å². The van der Waals surface area contributed by atoms with Gasteiger partial charge in [-0.2, -0.15) is 5.06 Å². The Hall–Kier alpha value is -2.37. The first kappa shape index (κ1) is 22.9. The molecule has 0 heterocycles. The summed E-state index contributed by atoms with van der Waals surface area (Å²) in [6.07, 6.45) is 0.451. The Kier molecular flexibility index (Phi) is 8.68. The van der Waals surface area contributed by atoms with Crippen LogP contribution in [0.15, 0.2) is 54.6 Å². The van der Waals surface area contributed by atoms with Crippen LogP contribution in [-0.4, -0.2) is 36.0 Å². The zero-order valence-corrected chi connectivity index (χ0v) is 18.0. The zero-order chi connectivity index (χ0) is 21.3. The number of rotatable bonds is 9. The van der Waals surface area contributed by atoms with Gasteiger partial charge in [0.1, 0.15) is 6.10 Å². The van der Waals surface area contributed by atoms with E-state index in [0.717, 1.165) is 25.1 Å². The number of carbonyl (C=O) groups is 1. The van der Waals surface area contributed by atoms with Gasteiger partial charge in [-0.25, -0.2) is 4.79 Å². The third-order valence-corrected chi connectivity index (χ3v) is 4.75. The van der Waals surface area contributed by atoms with Crippen LogP contribution in [0.2, 0.25) is 0 Å². The molecule has 29 heavy (non-hydrogen) atoms. The van der Waals surface area contributed by atoms with Crippen molar-refractivity contribution in [2.24, 2.45) is 5.41 Å². The first-order valence-corrected chi connectivity index (χ1v) is 10.3. The number of benzene rings is 2. The van der Waals surface area contributed by atoms with Gasteiger partial charge in [0.15, 0.2) is 0 Å². The topological polar surface area (TPSA) is 61.8 Å². The molecule has 1 amide bonds. The summed E-state index contributed by atoms with van der Waals surface area (Å²) in [6.45, 7) is 9.92. The standard InChI is InChI=1S/C24H34N2O3/c1-19-11-13-20(14-12-19)15-17-25-16-8-18-26(28)23(27)29-22(24(2,3)4)21-9-6-5-7-10-21/h5-7,9-14,22,25,28H,8,15-18H2,1-4H3. The largest absolute Gasteiger partial charge is 0.439 e. The summed E-state index contributed by atoms with van der Waals surface area (Å²) in [5.74, 6) is 0. The van der Waals surface area contributed by atoms with Crippen LogP contribution in [0.25, 0.3) is 0 Å². The van der Waals surface area contributed by atoms with Gasteiger partial charge in [-0.3, -0.25) is 5.21 Å². The number of hydrogen-bond donors (Lipinski definition) is 2. The van der Waals surface area contributed by atoms with Crippen molar-refractivity contribution in [1.29, 1.82) is 0 Å². The molecule has 0 spiro atoms. The van der Waals surface area contributed by atoms with E-state index in [1.807, 2.05) is 51.1 Å². The number of hydrogen-bond acceptors (Lipinski definition) is 4. The second-order valence-electron chi connectivity index (χ2n) is 8.50. The second kappa shape index (κ2) is 11.0. The number of ether oxygens (including phenoxy) is 1. The molecule has 0 saturated carbocycles. The molecule has 0 radical (unpaired) electrons. The highest BCUT2D eigenvalue weighted by atomic mass is 16.6. The Morgan fingerprint density at radius 3 is 2.34 bits per heavy atom. The Morgan fingerprint density at radius 2 is 1.72 bits per heavy atom. The zero-order valence-electron chi connectivity index (χ0n) is 18.0. The number of nitrogens with zero attached hydrogens (tertiary/aromatic N) is 1. The molecule has 0 fully saturated rings. The molecule has 0 aliphatic rings. The molecule has 0 bridgehead atoms. The van der Waals surface area contributed by atoms with Crippen LogP contribution in [0.3, 0.4) is 0 Å². The molecular weight excluding hydrogens is 364 g/mol. The number of nitrogens with one attached hydrogen (secondary N) is 1. The predicted molar refractivity (Wildman–Crippen MR) is 116 cm³/mol. The van der Waals surface area contributed by atoms with E-state index in [2.05, 4.69) is 36.5 Å². The van der Waals surface area contributed by atoms with Gasteiger partial charge in [0.25, 0.3) is 0 Å². The summed E-state index contributed by atoms with van der Waals surface area (Å²) in [4.78, 5) is 12.3. The average Bonchev–Trinajstić information content (AvgIpc) is 2.69. The highest BCUT2D eigenvalue weighted by molar-refractivity contribution is 5.66. The lowest BCUT2D eigenvalue weighted by Crippen LogP contribution is -2.34. The maximum Gasteiger partial charge on any atom is 0.434 e. The normalized spacial score (nSPS) is 12.4. The number of aryl methyl sites for hydroxylation is 1. The van der Waals surface area contributed by atoms with E-state index >= 15 is 0 Å².